The van der Waals surface area contributed by atoms with Crippen molar-refractivity contribution in [3.8, 4) is 23.0 Å². The number of fused-ring (bicyclic) bond motifs is 8. The van der Waals surface area contributed by atoms with E-state index in [0.29, 0.717) is 92.4 Å². The van der Waals surface area contributed by atoms with Crippen molar-refractivity contribution in [2.75, 3.05) is 67.1 Å². The Morgan fingerprint density at radius 3 is 0.740 bits per heavy atom. The first-order chi connectivity index (χ1) is 46.1. The second-order valence-corrected chi connectivity index (χ2v) is 23.9. The third kappa shape index (κ3) is 25.0. The number of rotatable bonds is 42. The molecule has 0 heterocycles. The van der Waals surface area contributed by atoms with Gasteiger partial charge in [-0.1, -0.05) is 92.2 Å². The van der Waals surface area contributed by atoms with Crippen molar-refractivity contribution in [2.24, 2.45) is 0 Å². The molecule has 8 bridgehead atoms. The Hall–Kier alpha value is -8.94. The number of unbranched alkanes of at least 4 members (excludes halogenated alkanes) is 8. The van der Waals surface area contributed by atoms with Gasteiger partial charge in [0.05, 0.1) is 14.2 Å². The fourth-order valence-corrected chi connectivity index (χ4v) is 10.9. The standard InChI is InChI=1S/C76H96O20/c1-11-15-19-23-63(77)51-35-55-43-56-36-52(64(78)24-20-16-12-2)38-58(72(56)92-30-28-90-70(84)48-68(82)88-10)45-60-40-54(66(80)26-22-18-14-4)42-62(74(60)94-32-34-96-76(86)50(7)8)46-61-41-53(65(79)25-21-17-13-3)39-59(73(61)93-31-33-95-75(85)49(5)6)44-57(37-51)71(55)91-29-27-89-69(83)47-67(81)87-9/h35-42H,5,7,11-34,43-48H2,1-4,6,8-10H3. The molecule has 1 aliphatic carbocycles. The molecule has 20 nitrogen and oxygen atoms in total. The van der Waals surface area contributed by atoms with Crippen LogP contribution in [-0.2, 0) is 82.9 Å². The maximum atomic E-state index is 14.8. The minimum absolute atomic E-state index is 0.0725. The van der Waals surface area contributed by atoms with Crippen LogP contribution in [0.1, 0.15) is 243 Å². The largest absolute Gasteiger partial charge is 0.489 e. The van der Waals surface area contributed by atoms with Gasteiger partial charge in [0, 0.05) is 84.8 Å². The molecular formula is C76H96O20. The Labute approximate surface area is 564 Å². The summed E-state index contributed by atoms with van der Waals surface area (Å²) in [5, 5.41) is 0. The Morgan fingerprint density at radius 1 is 0.323 bits per heavy atom. The van der Waals surface area contributed by atoms with Crippen LogP contribution in [0, 0.1) is 0 Å². The molecule has 0 atom stereocenters. The lowest BCUT2D eigenvalue weighted by atomic mass is 9.86. The zero-order valence-corrected chi connectivity index (χ0v) is 57.4. The van der Waals surface area contributed by atoms with Gasteiger partial charge in [-0.05, 0) is 133 Å². The molecule has 0 aliphatic heterocycles. The molecule has 4 aromatic rings. The maximum Gasteiger partial charge on any atom is 0.333 e. The van der Waals surface area contributed by atoms with E-state index in [-0.39, 0.29) is 161 Å². The van der Waals surface area contributed by atoms with E-state index in [1.165, 1.54) is 13.8 Å². The highest BCUT2D eigenvalue weighted by Crippen LogP contribution is 2.42. The number of carbonyl (C=O) groups is 10. The Bertz CT molecular complexity index is 3200. The van der Waals surface area contributed by atoms with Crippen LogP contribution in [0.2, 0.25) is 0 Å². The van der Waals surface area contributed by atoms with E-state index in [2.05, 4.69) is 13.2 Å². The molecule has 0 saturated heterocycles. The number of methoxy groups -OCH3 is 2. The van der Waals surface area contributed by atoms with E-state index in [0.717, 1.165) is 65.6 Å². The van der Waals surface area contributed by atoms with Crippen LogP contribution in [0.3, 0.4) is 0 Å². The van der Waals surface area contributed by atoms with Crippen LogP contribution >= 0.6 is 0 Å². The van der Waals surface area contributed by atoms with Crippen molar-refractivity contribution >= 4 is 58.9 Å². The summed E-state index contributed by atoms with van der Waals surface area (Å²) in [5.74, 6) is -4.38. The molecule has 0 spiro atoms. The maximum absolute atomic E-state index is 14.8. The lowest BCUT2D eigenvalue weighted by molar-refractivity contribution is -0.155. The van der Waals surface area contributed by atoms with Crippen molar-refractivity contribution in [1.82, 2.24) is 0 Å². The number of Topliss-reactive ketones (excluding diaryl/α,β-unsaturated/α-hetero) is 4. The van der Waals surface area contributed by atoms with Crippen LogP contribution in [-0.4, -0.2) is 126 Å². The second kappa shape index (κ2) is 41.1. The molecule has 5 rings (SSSR count). The summed E-state index contributed by atoms with van der Waals surface area (Å²) >= 11 is 0. The van der Waals surface area contributed by atoms with Crippen molar-refractivity contribution in [2.45, 2.75) is 183 Å². The molecule has 0 amide bonds. The van der Waals surface area contributed by atoms with Crippen LogP contribution in [0.5, 0.6) is 23.0 Å². The lowest BCUT2D eigenvalue weighted by Crippen LogP contribution is -2.18. The molecule has 1 aliphatic rings. The van der Waals surface area contributed by atoms with Gasteiger partial charge < -0.3 is 47.4 Å². The Balaban J connectivity index is 2.02. The fraction of sp³-hybridized carbons (Fsp3) is 0.500. The van der Waals surface area contributed by atoms with Crippen molar-refractivity contribution in [3.63, 3.8) is 0 Å². The number of benzene rings is 4. The first kappa shape index (κ1) is 77.8. The predicted octanol–water partition coefficient (Wildman–Crippen LogP) is 13.4. The van der Waals surface area contributed by atoms with Gasteiger partial charge in [0.2, 0.25) is 0 Å². The average Bonchev–Trinajstić information content (AvgIpc) is 0.775. The van der Waals surface area contributed by atoms with E-state index >= 15 is 0 Å². The minimum atomic E-state index is -0.868. The molecular weight excluding hydrogens is 1230 g/mol. The summed E-state index contributed by atoms with van der Waals surface area (Å²) < 4.78 is 58.6. The van der Waals surface area contributed by atoms with E-state index < -0.39 is 48.7 Å². The molecule has 0 radical (unpaired) electrons. The smallest absolute Gasteiger partial charge is 0.333 e. The predicted molar refractivity (Wildman–Crippen MR) is 360 cm³/mol. The number of hydrogen-bond acceptors (Lipinski definition) is 20. The average molecular weight is 1330 g/mol. The summed E-state index contributed by atoms with van der Waals surface area (Å²) in [6.45, 7) is 16.6. The third-order valence-corrected chi connectivity index (χ3v) is 15.9. The van der Waals surface area contributed by atoms with Crippen LogP contribution in [0.15, 0.2) is 72.8 Å². The zero-order chi connectivity index (χ0) is 70.1. The Kier molecular flexibility index (Phi) is 33.3. The second-order valence-electron chi connectivity index (χ2n) is 23.9. The van der Waals surface area contributed by atoms with Crippen LogP contribution in [0.4, 0.5) is 0 Å². The van der Waals surface area contributed by atoms with Crippen molar-refractivity contribution < 1.29 is 95.3 Å². The minimum Gasteiger partial charge on any atom is -0.489 e. The van der Waals surface area contributed by atoms with Crippen molar-refractivity contribution in [3.05, 3.63) is 140 Å². The number of hydrogen-bond donors (Lipinski definition) is 0. The Morgan fingerprint density at radius 2 is 0.542 bits per heavy atom. The third-order valence-electron chi connectivity index (χ3n) is 15.9. The van der Waals surface area contributed by atoms with E-state index in [4.69, 9.17) is 47.4 Å². The summed E-state index contributed by atoms with van der Waals surface area (Å²) in [5.41, 5.74) is 5.04. The van der Waals surface area contributed by atoms with Gasteiger partial charge in [-0.15, -0.1) is 0 Å². The fourth-order valence-electron chi connectivity index (χ4n) is 10.9. The summed E-state index contributed by atoms with van der Waals surface area (Å²) in [4.78, 5) is 135. The van der Waals surface area contributed by atoms with Crippen LogP contribution in [0.25, 0.3) is 0 Å². The van der Waals surface area contributed by atoms with Gasteiger partial charge >= 0.3 is 35.8 Å². The number of esters is 6. The summed E-state index contributed by atoms with van der Waals surface area (Å²) in [6.07, 6.45) is 7.94. The molecule has 4 aromatic carbocycles. The SMILES string of the molecule is C=C(C)C(=O)OCCOc1c2cc(C(=O)CCCCC)cc1Cc1cc(C(=O)CCCCC)cc(c1OCCOC(=O)C(=C)C)Cc1cc(C(=O)CCCCC)cc(c1OCCOC(=O)CC(=O)OC)Cc1cc(C(=O)CCCCC)cc(c1OCCOC(=O)CC(=O)OC)C2. The molecule has 0 N–H and O–H groups in total. The first-order valence-corrected chi connectivity index (χ1v) is 33.5. The lowest BCUT2D eigenvalue weighted by Gasteiger charge is -2.25. The highest BCUT2D eigenvalue weighted by atomic mass is 16.6. The monoisotopic (exact) mass is 1330 g/mol. The molecule has 0 aromatic heterocycles. The highest BCUT2D eigenvalue weighted by molar-refractivity contribution is 5.99. The summed E-state index contributed by atoms with van der Waals surface area (Å²) in [7, 11) is 2.29. The van der Waals surface area contributed by atoms with E-state index in [1.807, 2.05) is 27.7 Å². The highest BCUT2D eigenvalue weighted by Gasteiger charge is 2.28. The normalized spacial score (nSPS) is 11.5. The quantitative estimate of drug-likeness (QED) is 0.00877. The van der Waals surface area contributed by atoms with Gasteiger partial charge in [0.25, 0.3) is 0 Å². The molecule has 20 heteroatoms. The molecule has 96 heavy (non-hydrogen) atoms. The molecule has 0 fully saturated rings. The topological polar surface area (TPSA) is 263 Å². The van der Waals surface area contributed by atoms with Gasteiger partial charge in [0.15, 0.2) is 23.1 Å². The van der Waals surface area contributed by atoms with E-state index in [9.17, 15) is 47.9 Å². The van der Waals surface area contributed by atoms with Gasteiger partial charge in [-0.3, -0.25) is 38.4 Å². The molecule has 520 valence electrons. The van der Waals surface area contributed by atoms with Gasteiger partial charge in [-0.25, -0.2) is 9.59 Å². The molecule has 0 saturated carbocycles. The van der Waals surface area contributed by atoms with Gasteiger partial charge in [-0.2, -0.15) is 0 Å². The number of ketones is 4. The van der Waals surface area contributed by atoms with Crippen LogP contribution < -0.4 is 18.9 Å². The molecule has 0 unspecified atom stereocenters. The van der Waals surface area contributed by atoms with Crippen molar-refractivity contribution in [1.29, 1.82) is 0 Å². The number of ether oxygens (including phenoxy) is 10. The summed E-state index contributed by atoms with van der Waals surface area (Å²) in [6, 6.07) is 13.8. The zero-order valence-electron chi connectivity index (χ0n) is 57.4. The first-order valence-electron chi connectivity index (χ1n) is 33.5. The van der Waals surface area contributed by atoms with E-state index in [1.54, 1.807) is 48.5 Å². The number of carbonyl (C=O) groups excluding carboxylic acids is 10. The van der Waals surface area contributed by atoms with Gasteiger partial charge in [0.1, 0.15) is 88.7 Å².